The van der Waals surface area contributed by atoms with Gasteiger partial charge in [-0.25, -0.2) is 9.78 Å². The number of carboxylic acid groups (broad SMARTS) is 1. The zero-order valence-corrected chi connectivity index (χ0v) is 13.7. The summed E-state index contributed by atoms with van der Waals surface area (Å²) in [5.41, 5.74) is 2.26. The van der Waals surface area contributed by atoms with E-state index in [2.05, 4.69) is 15.3 Å². The number of aromatic carboxylic acids is 1. The molecule has 27 heavy (non-hydrogen) atoms. The number of hydrogen-bond acceptors (Lipinski definition) is 6. The van der Waals surface area contributed by atoms with Crippen molar-refractivity contribution < 1.29 is 9.90 Å². The van der Waals surface area contributed by atoms with E-state index in [-0.39, 0.29) is 16.8 Å². The van der Waals surface area contributed by atoms with Crippen LogP contribution in [-0.2, 0) is 0 Å². The minimum absolute atomic E-state index is 0.127. The average molecular weight is 354 g/mol. The van der Waals surface area contributed by atoms with Crippen LogP contribution in [0.15, 0.2) is 53.7 Å². The molecule has 3 rings (SSSR count). The number of anilines is 1. The van der Waals surface area contributed by atoms with Crippen molar-refractivity contribution in [3.63, 3.8) is 0 Å². The lowest BCUT2D eigenvalue weighted by Gasteiger charge is -2.05. The van der Waals surface area contributed by atoms with Gasteiger partial charge in [0.1, 0.15) is 29.7 Å². The number of aromatic nitrogens is 2. The fourth-order valence-corrected chi connectivity index (χ4v) is 2.42. The molecule has 1 aromatic heterocycles. The molecule has 3 N–H and O–H groups in total. The molecule has 0 aliphatic rings. The summed E-state index contributed by atoms with van der Waals surface area (Å²) in [6.45, 7) is 0. The molecule has 0 saturated heterocycles. The first-order valence-corrected chi connectivity index (χ1v) is 7.61. The minimum Gasteiger partial charge on any atom is -0.478 e. The van der Waals surface area contributed by atoms with Crippen LogP contribution in [0.1, 0.15) is 10.4 Å². The number of carbonyl (C=O) groups is 1. The number of nitriles is 3. The number of H-pyrrole nitrogens is 1. The standard InChI is InChI=1S/C19H10N6O2/c20-8-13(9-21)17(10-22)23-14-4-1-11(2-5-14)18-24-15-6-3-12(19(26)27)7-16(15)25-18/h1-7,23H,(H,24,25)(H,26,27). The van der Waals surface area contributed by atoms with Crippen LogP contribution in [0.4, 0.5) is 5.69 Å². The van der Waals surface area contributed by atoms with E-state index in [0.29, 0.717) is 22.5 Å². The number of carboxylic acids is 1. The number of nitrogens with one attached hydrogen (secondary N) is 2. The number of aromatic amines is 1. The molecule has 0 saturated carbocycles. The molecule has 8 heteroatoms. The predicted octanol–water partition coefficient (Wildman–Crippen LogP) is 3.16. The van der Waals surface area contributed by atoms with Gasteiger partial charge in [-0.1, -0.05) is 0 Å². The normalized spacial score (nSPS) is 9.67. The third kappa shape index (κ3) is 3.43. The van der Waals surface area contributed by atoms with Gasteiger partial charge in [-0.05, 0) is 42.5 Å². The second-order valence-electron chi connectivity index (χ2n) is 5.41. The van der Waals surface area contributed by atoms with E-state index in [0.717, 1.165) is 5.56 Å². The summed E-state index contributed by atoms with van der Waals surface area (Å²) in [5.74, 6) is -0.455. The van der Waals surface area contributed by atoms with Gasteiger partial charge in [-0.15, -0.1) is 0 Å². The number of allylic oxidation sites excluding steroid dienone is 2. The van der Waals surface area contributed by atoms with Crippen molar-refractivity contribution in [2.45, 2.75) is 0 Å². The topological polar surface area (TPSA) is 149 Å². The Balaban J connectivity index is 1.90. The van der Waals surface area contributed by atoms with E-state index >= 15 is 0 Å². The average Bonchev–Trinajstić information content (AvgIpc) is 3.11. The molecule has 0 spiro atoms. The van der Waals surface area contributed by atoms with E-state index < -0.39 is 5.97 Å². The number of hydrogen-bond donors (Lipinski definition) is 3. The molecule has 0 aliphatic heterocycles. The molecule has 1 heterocycles. The lowest BCUT2D eigenvalue weighted by atomic mass is 10.2. The largest absolute Gasteiger partial charge is 0.478 e. The highest BCUT2D eigenvalue weighted by Gasteiger charge is 2.10. The van der Waals surface area contributed by atoms with Crippen molar-refractivity contribution in [3.8, 4) is 29.6 Å². The van der Waals surface area contributed by atoms with Gasteiger partial charge in [0.05, 0.1) is 16.6 Å². The maximum atomic E-state index is 11.1. The van der Waals surface area contributed by atoms with Crippen LogP contribution in [0.25, 0.3) is 22.4 Å². The van der Waals surface area contributed by atoms with Crippen LogP contribution in [0, 0.1) is 34.0 Å². The van der Waals surface area contributed by atoms with Crippen molar-refractivity contribution in [3.05, 3.63) is 59.3 Å². The Kier molecular flexibility index (Phi) is 4.53. The molecule has 2 aromatic carbocycles. The number of imidazole rings is 1. The Morgan fingerprint density at radius 3 is 2.33 bits per heavy atom. The first-order valence-electron chi connectivity index (χ1n) is 7.61. The second kappa shape index (κ2) is 7.10. The molecule has 128 valence electrons. The van der Waals surface area contributed by atoms with Crippen molar-refractivity contribution in [2.75, 3.05) is 5.32 Å². The van der Waals surface area contributed by atoms with Gasteiger partial charge in [-0.2, -0.15) is 15.8 Å². The van der Waals surface area contributed by atoms with E-state index in [9.17, 15) is 4.79 Å². The molecule has 3 aromatic rings. The Hall–Kier alpha value is -4.61. The molecular weight excluding hydrogens is 344 g/mol. The van der Waals surface area contributed by atoms with E-state index in [4.69, 9.17) is 20.9 Å². The monoisotopic (exact) mass is 354 g/mol. The van der Waals surface area contributed by atoms with Gasteiger partial charge in [0.25, 0.3) is 0 Å². The smallest absolute Gasteiger partial charge is 0.335 e. The summed E-state index contributed by atoms with van der Waals surface area (Å²) < 4.78 is 0. The fraction of sp³-hybridized carbons (Fsp3) is 0. The lowest BCUT2D eigenvalue weighted by molar-refractivity contribution is 0.0697. The highest BCUT2D eigenvalue weighted by Crippen LogP contribution is 2.23. The summed E-state index contributed by atoms with van der Waals surface area (Å²) >= 11 is 0. The number of rotatable bonds is 4. The molecule has 0 unspecified atom stereocenters. The van der Waals surface area contributed by atoms with Crippen LogP contribution in [-0.4, -0.2) is 21.0 Å². The van der Waals surface area contributed by atoms with Gasteiger partial charge in [-0.3, -0.25) is 0 Å². The number of nitrogens with zero attached hydrogens (tertiary/aromatic N) is 4. The van der Waals surface area contributed by atoms with Crippen molar-refractivity contribution in [2.24, 2.45) is 0 Å². The highest BCUT2D eigenvalue weighted by molar-refractivity contribution is 5.93. The highest BCUT2D eigenvalue weighted by atomic mass is 16.4. The Labute approximate surface area is 153 Å². The first-order chi connectivity index (χ1) is 13.0. The molecule has 0 fully saturated rings. The predicted molar refractivity (Wildman–Crippen MR) is 96.0 cm³/mol. The van der Waals surface area contributed by atoms with Crippen LogP contribution >= 0.6 is 0 Å². The van der Waals surface area contributed by atoms with Gasteiger partial charge in [0.2, 0.25) is 0 Å². The SMILES string of the molecule is N#CC(C#N)=C(C#N)Nc1ccc(-c2nc3ccc(C(=O)O)cc3[nH]2)cc1. The van der Waals surface area contributed by atoms with Crippen molar-refractivity contribution in [1.82, 2.24) is 9.97 Å². The zero-order chi connectivity index (χ0) is 19.4. The zero-order valence-electron chi connectivity index (χ0n) is 13.7. The third-order valence-corrected chi connectivity index (χ3v) is 3.74. The first kappa shape index (κ1) is 17.2. The maximum absolute atomic E-state index is 11.1. The van der Waals surface area contributed by atoms with Gasteiger partial charge < -0.3 is 15.4 Å². The lowest BCUT2D eigenvalue weighted by Crippen LogP contribution is -2.00. The van der Waals surface area contributed by atoms with Gasteiger partial charge in [0, 0.05) is 11.3 Å². The number of fused-ring (bicyclic) bond motifs is 1. The van der Waals surface area contributed by atoms with E-state index in [1.165, 1.54) is 12.1 Å². The molecular formula is C19H10N6O2. The summed E-state index contributed by atoms with van der Waals surface area (Å²) in [4.78, 5) is 18.6. The second-order valence-corrected chi connectivity index (χ2v) is 5.41. The van der Waals surface area contributed by atoms with Gasteiger partial charge in [0.15, 0.2) is 5.57 Å². The van der Waals surface area contributed by atoms with Gasteiger partial charge >= 0.3 is 5.97 Å². The summed E-state index contributed by atoms with van der Waals surface area (Å²) in [5, 5.41) is 38.6. The summed E-state index contributed by atoms with van der Waals surface area (Å²) in [7, 11) is 0. The Morgan fingerprint density at radius 1 is 1.04 bits per heavy atom. The van der Waals surface area contributed by atoms with Crippen LogP contribution in [0.3, 0.4) is 0 Å². The molecule has 0 atom stereocenters. The Morgan fingerprint density at radius 2 is 1.74 bits per heavy atom. The summed E-state index contributed by atoms with van der Waals surface area (Å²) in [6.07, 6.45) is 0. The fourth-order valence-electron chi connectivity index (χ4n) is 2.42. The summed E-state index contributed by atoms with van der Waals surface area (Å²) in [6, 6.07) is 16.6. The number of benzene rings is 2. The van der Waals surface area contributed by atoms with Crippen molar-refractivity contribution >= 4 is 22.7 Å². The van der Waals surface area contributed by atoms with E-state index in [1.54, 1.807) is 48.5 Å². The molecule has 8 nitrogen and oxygen atoms in total. The molecule has 0 bridgehead atoms. The minimum atomic E-state index is -1.01. The third-order valence-electron chi connectivity index (χ3n) is 3.74. The van der Waals surface area contributed by atoms with Crippen LogP contribution < -0.4 is 5.32 Å². The van der Waals surface area contributed by atoms with Crippen LogP contribution in [0.2, 0.25) is 0 Å². The molecule has 0 aliphatic carbocycles. The quantitative estimate of drug-likeness (QED) is 0.609. The maximum Gasteiger partial charge on any atom is 0.335 e. The van der Waals surface area contributed by atoms with E-state index in [1.807, 2.05) is 0 Å². The molecule has 0 radical (unpaired) electrons. The van der Waals surface area contributed by atoms with Crippen molar-refractivity contribution in [1.29, 1.82) is 15.8 Å². The molecule has 0 amide bonds. The Bertz CT molecular complexity index is 1180. The van der Waals surface area contributed by atoms with Crippen LogP contribution in [0.5, 0.6) is 0 Å².